The molecular formula is C73H50N2. The average Bonchev–Trinajstić information content (AvgIpc) is 4.03. The van der Waals surface area contributed by atoms with E-state index < -0.39 is 5.41 Å². The highest BCUT2D eigenvalue weighted by molar-refractivity contribution is 6.10. The molecule has 0 spiro atoms. The molecule has 0 amide bonds. The van der Waals surface area contributed by atoms with Crippen LogP contribution < -0.4 is 4.90 Å². The van der Waals surface area contributed by atoms with Crippen LogP contribution in [0.1, 0.15) is 22.3 Å². The quantitative estimate of drug-likeness (QED) is 0.133. The first-order valence-electron chi connectivity index (χ1n) is 25.9. The van der Waals surface area contributed by atoms with Crippen molar-refractivity contribution in [1.82, 2.24) is 4.57 Å². The Kier molecular flexibility index (Phi) is 10.8. The van der Waals surface area contributed by atoms with E-state index in [9.17, 15) is 0 Å². The molecule has 1 aromatic heterocycles. The fraction of sp³-hybridized carbons (Fsp3) is 0.0137. The van der Waals surface area contributed by atoms with Crippen molar-refractivity contribution >= 4 is 38.9 Å². The molecule has 2 heteroatoms. The summed E-state index contributed by atoms with van der Waals surface area (Å²) in [4.78, 5) is 2.37. The molecule has 0 fully saturated rings. The van der Waals surface area contributed by atoms with Gasteiger partial charge in [-0.3, -0.25) is 0 Å². The maximum atomic E-state index is 2.47. The van der Waals surface area contributed by atoms with E-state index in [-0.39, 0.29) is 0 Å². The van der Waals surface area contributed by atoms with E-state index in [1.165, 1.54) is 88.6 Å². The van der Waals surface area contributed by atoms with Crippen molar-refractivity contribution in [2.24, 2.45) is 0 Å². The molecule has 0 saturated heterocycles. The lowest BCUT2D eigenvalue weighted by Crippen LogP contribution is -2.28. The van der Waals surface area contributed by atoms with Crippen LogP contribution in [0.25, 0.3) is 83.1 Å². The number of para-hydroxylation sites is 2. The molecule has 352 valence electrons. The van der Waals surface area contributed by atoms with Crippen LogP contribution in [0.15, 0.2) is 303 Å². The van der Waals surface area contributed by atoms with Crippen LogP contribution in [0.3, 0.4) is 0 Å². The van der Waals surface area contributed by atoms with Gasteiger partial charge in [0.25, 0.3) is 0 Å². The summed E-state index contributed by atoms with van der Waals surface area (Å²) >= 11 is 0. The minimum absolute atomic E-state index is 0.447. The number of benzene rings is 12. The zero-order chi connectivity index (χ0) is 49.7. The van der Waals surface area contributed by atoms with Gasteiger partial charge in [-0.2, -0.15) is 0 Å². The third-order valence-corrected chi connectivity index (χ3v) is 15.5. The number of hydrogen-bond donors (Lipinski definition) is 0. The minimum Gasteiger partial charge on any atom is -0.310 e. The molecule has 0 aliphatic heterocycles. The van der Waals surface area contributed by atoms with Gasteiger partial charge in [-0.25, -0.2) is 0 Å². The highest BCUT2D eigenvalue weighted by atomic mass is 15.1. The standard InChI is InChI=1S/C73H50N2/c1-6-21-53(22-7-1)63-45-42-61(49-67(63)54-23-8-2-9-24-54)74(59-30-14-5-15-31-59)60-32-20-25-55(47-60)51-37-39-52(40-38-51)56-41-44-66-65-34-17-19-36-71(65)75(72(66)48-56)62-43-46-70-68(50-62)64-33-16-18-35-69(64)73(70,57-26-10-3-11-27-57)58-28-12-4-13-29-58/h1-50H. The third kappa shape index (κ3) is 7.41. The first-order chi connectivity index (χ1) is 37.2. The van der Waals surface area contributed by atoms with Gasteiger partial charge in [0.1, 0.15) is 0 Å². The van der Waals surface area contributed by atoms with E-state index >= 15 is 0 Å². The largest absolute Gasteiger partial charge is 0.310 e. The number of hydrogen-bond acceptors (Lipinski definition) is 1. The molecule has 13 aromatic rings. The summed E-state index contributed by atoms with van der Waals surface area (Å²) in [6, 6.07) is 111. The predicted molar refractivity (Wildman–Crippen MR) is 315 cm³/mol. The molecule has 1 aliphatic carbocycles. The molecule has 2 nitrogen and oxygen atoms in total. The van der Waals surface area contributed by atoms with E-state index in [0.717, 1.165) is 33.9 Å². The van der Waals surface area contributed by atoms with E-state index in [4.69, 9.17) is 0 Å². The fourth-order valence-corrected chi connectivity index (χ4v) is 12.1. The Morgan fingerprint density at radius 2 is 0.760 bits per heavy atom. The summed E-state index contributed by atoms with van der Waals surface area (Å²) in [7, 11) is 0. The Bertz CT molecular complexity index is 4160. The maximum Gasteiger partial charge on any atom is 0.0713 e. The molecule has 0 radical (unpaired) electrons. The second kappa shape index (κ2) is 18.4. The average molecular weight is 955 g/mol. The molecule has 75 heavy (non-hydrogen) atoms. The maximum absolute atomic E-state index is 2.47. The molecule has 0 atom stereocenters. The lowest BCUT2D eigenvalue weighted by molar-refractivity contribution is 0.768. The second-order valence-electron chi connectivity index (χ2n) is 19.6. The highest BCUT2D eigenvalue weighted by Crippen LogP contribution is 2.56. The fourth-order valence-electron chi connectivity index (χ4n) is 12.1. The molecule has 0 saturated carbocycles. The molecule has 14 rings (SSSR count). The summed E-state index contributed by atoms with van der Waals surface area (Å²) < 4.78 is 2.47. The Balaban J connectivity index is 0.843. The first-order valence-corrected chi connectivity index (χ1v) is 25.9. The van der Waals surface area contributed by atoms with Gasteiger partial charge < -0.3 is 9.47 Å². The number of nitrogens with zero attached hydrogens (tertiary/aromatic N) is 2. The Morgan fingerprint density at radius 1 is 0.253 bits per heavy atom. The zero-order valence-electron chi connectivity index (χ0n) is 41.3. The first kappa shape index (κ1) is 44.0. The van der Waals surface area contributed by atoms with Gasteiger partial charge in [0.05, 0.1) is 16.4 Å². The third-order valence-electron chi connectivity index (χ3n) is 15.5. The van der Waals surface area contributed by atoms with E-state index in [1.807, 2.05) is 0 Å². The topological polar surface area (TPSA) is 8.17 Å². The van der Waals surface area contributed by atoms with Crippen LogP contribution in [-0.4, -0.2) is 4.57 Å². The number of rotatable bonds is 10. The number of fused-ring (bicyclic) bond motifs is 6. The minimum atomic E-state index is -0.447. The molecule has 0 unspecified atom stereocenters. The van der Waals surface area contributed by atoms with Crippen molar-refractivity contribution in [3.05, 3.63) is 326 Å². The smallest absolute Gasteiger partial charge is 0.0713 e. The van der Waals surface area contributed by atoms with Gasteiger partial charge >= 0.3 is 0 Å². The van der Waals surface area contributed by atoms with Gasteiger partial charge in [-0.15, -0.1) is 0 Å². The zero-order valence-corrected chi connectivity index (χ0v) is 41.3. The molecule has 0 N–H and O–H groups in total. The molecule has 12 aromatic carbocycles. The monoisotopic (exact) mass is 954 g/mol. The number of anilines is 3. The second-order valence-corrected chi connectivity index (χ2v) is 19.6. The normalized spacial score (nSPS) is 12.4. The van der Waals surface area contributed by atoms with Crippen molar-refractivity contribution in [3.63, 3.8) is 0 Å². The van der Waals surface area contributed by atoms with Crippen molar-refractivity contribution in [2.45, 2.75) is 5.41 Å². The van der Waals surface area contributed by atoms with Gasteiger partial charge in [-0.1, -0.05) is 243 Å². The molecule has 0 bridgehead atoms. The summed E-state index contributed by atoms with van der Waals surface area (Å²) in [6.07, 6.45) is 0. The van der Waals surface area contributed by atoms with Gasteiger partial charge in [0.15, 0.2) is 0 Å². The van der Waals surface area contributed by atoms with Crippen LogP contribution in [0.2, 0.25) is 0 Å². The van der Waals surface area contributed by atoms with Crippen LogP contribution in [0.4, 0.5) is 17.1 Å². The Labute approximate surface area is 438 Å². The SMILES string of the molecule is c1ccc(-c2ccc(N(c3ccccc3)c3cccc(-c4ccc(-c5ccc6c7ccccc7n(-c7ccc8c(c7)-c7ccccc7C8(c7ccccc7)c7ccccc7)c6c5)cc4)c3)cc2-c2ccccc2)cc1. The molecule has 1 aliphatic rings. The Hall–Kier alpha value is -9.76. The van der Waals surface area contributed by atoms with Crippen molar-refractivity contribution in [3.8, 4) is 61.3 Å². The van der Waals surface area contributed by atoms with Crippen molar-refractivity contribution in [1.29, 1.82) is 0 Å². The molecule has 1 heterocycles. The molecular weight excluding hydrogens is 905 g/mol. The lowest BCUT2D eigenvalue weighted by atomic mass is 9.68. The highest BCUT2D eigenvalue weighted by Gasteiger charge is 2.46. The summed E-state index contributed by atoms with van der Waals surface area (Å²) in [5.41, 5.74) is 23.5. The predicted octanol–water partition coefficient (Wildman–Crippen LogP) is 19.3. The van der Waals surface area contributed by atoms with E-state index in [1.54, 1.807) is 0 Å². The Morgan fingerprint density at radius 3 is 1.45 bits per heavy atom. The number of aromatic nitrogens is 1. The van der Waals surface area contributed by atoms with Crippen LogP contribution >= 0.6 is 0 Å². The van der Waals surface area contributed by atoms with Crippen LogP contribution in [-0.2, 0) is 5.41 Å². The summed E-state index contributed by atoms with van der Waals surface area (Å²) in [5, 5.41) is 2.48. The van der Waals surface area contributed by atoms with Gasteiger partial charge in [-0.05, 0) is 139 Å². The van der Waals surface area contributed by atoms with Gasteiger partial charge in [0, 0.05) is 33.5 Å². The summed E-state index contributed by atoms with van der Waals surface area (Å²) in [5.74, 6) is 0. The lowest BCUT2D eigenvalue weighted by Gasteiger charge is -2.33. The van der Waals surface area contributed by atoms with E-state index in [2.05, 4.69) is 313 Å². The van der Waals surface area contributed by atoms with Gasteiger partial charge in [0.2, 0.25) is 0 Å². The van der Waals surface area contributed by atoms with Crippen molar-refractivity contribution < 1.29 is 0 Å². The summed E-state index contributed by atoms with van der Waals surface area (Å²) in [6.45, 7) is 0. The van der Waals surface area contributed by atoms with Crippen LogP contribution in [0.5, 0.6) is 0 Å². The van der Waals surface area contributed by atoms with Crippen LogP contribution in [0, 0.1) is 0 Å². The van der Waals surface area contributed by atoms with Crippen molar-refractivity contribution in [2.75, 3.05) is 4.90 Å². The van der Waals surface area contributed by atoms with E-state index in [0.29, 0.717) is 0 Å².